The Kier molecular flexibility index (Phi) is 46.1. The summed E-state index contributed by atoms with van der Waals surface area (Å²) in [5.41, 5.74) is 19.4. The van der Waals surface area contributed by atoms with Crippen LogP contribution in [0.15, 0.2) is 0 Å². The van der Waals surface area contributed by atoms with Crippen molar-refractivity contribution in [2.45, 2.75) is 23.9 Å². The second-order valence-electron chi connectivity index (χ2n) is 5.88. The standard InChI is InChI=1S/2C2H8N2.2C2H9NO6P2.6H2O/c2*3-1-2-4;2*1-2(3,10(4,5)6)11(7,8)9;;;;;;/h2*1-4H2;2*3H2,1H3,(H2,4,5,6)(H2,7,8,9);6*1H2. The molecule has 0 rings (SSSR count). The van der Waals surface area contributed by atoms with Gasteiger partial charge in [0.15, 0.2) is 25.2 Å². The summed E-state index contributed by atoms with van der Waals surface area (Å²) in [5.74, 6) is 0. The zero-order valence-electron chi connectivity index (χ0n) is 19.8. The topological polar surface area (TPSA) is 602 Å². The van der Waals surface area contributed by atoms with Crippen LogP contribution in [-0.4, -0.2) is 78.9 Å². The van der Waals surface area contributed by atoms with Gasteiger partial charge in [-0.1, -0.05) is 0 Å². The van der Waals surface area contributed by atoms with Crippen molar-refractivity contribution in [3.8, 4) is 0 Å². The van der Waals surface area contributed by atoms with Crippen LogP contribution in [0.25, 0.3) is 0 Å². The fraction of sp³-hybridized carbons (Fsp3) is 1.00. The van der Waals surface area contributed by atoms with Crippen LogP contribution in [0, 0.1) is 0 Å². The fourth-order valence-corrected chi connectivity index (χ4v) is 2.79. The van der Waals surface area contributed by atoms with Crippen LogP contribution in [0.3, 0.4) is 0 Å². The Morgan fingerprint density at radius 1 is 0.528 bits per heavy atom. The van der Waals surface area contributed by atoms with E-state index in [-0.39, 0.29) is 32.9 Å². The molecule has 0 aliphatic rings. The number of quaternary nitrogens is 6. The summed E-state index contributed by atoms with van der Waals surface area (Å²) in [5, 5.41) is -5.75. The van der Waals surface area contributed by atoms with E-state index in [0.717, 1.165) is 26.2 Å². The molecule has 0 heterocycles. The van der Waals surface area contributed by atoms with Crippen LogP contribution in [0.5, 0.6) is 0 Å². The molecule has 0 aromatic rings. The SMILES string of the molecule is C[C@@]([NH3+])(P(=O)([O-])[O-])P(=O)([O-])O.C[C@]([NH3+])(P(=O)([O-])[O-])P(=O)([O-])O.O.O.O.O.O.O.[NH3+]CC[NH3+].[NH3+]CC[NH3+]. The molecule has 0 aromatic carbocycles. The lowest BCUT2D eigenvalue weighted by molar-refractivity contribution is -0.454. The molecular weight excluding hydrogens is 592 g/mol. The van der Waals surface area contributed by atoms with Gasteiger partial charge in [0.05, 0.1) is 0 Å². The molecule has 24 nitrogen and oxygen atoms in total. The highest BCUT2D eigenvalue weighted by molar-refractivity contribution is 7.70. The Bertz CT molecular complexity index is 550. The normalized spacial score (nSPS) is 16.2. The molecule has 0 aromatic heterocycles. The fourth-order valence-electron chi connectivity index (χ4n) is 0.310. The van der Waals surface area contributed by atoms with Crippen molar-refractivity contribution < 1.29 is 125 Å². The molecule has 36 heavy (non-hydrogen) atoms. The smallest absolute Gasteiger partial charge is 0.198 e. The highest BCUT2D eigenvalue weighted by Gasteiger charge is 2.39. The third-order valence-electron chi connectivity index (χ3n) is 2.90. The van der Waals surface area contributed by atoms with Gasteiger partial charge in [-0.05, 0) is 0 Å². The molecule has 0 spiro atoms. The van der Waals surface area contributed by atoms with Gasteiger partial charge in [0.2, 0.25) is 0 Å². The summed E-state index contributed by atoms with van der Waals surface area (Å²) in [6.45, 7) is 4.89. The van der Waals surface area contributed by atoms with Crippen LogP contribution >= 0.6 is 30.4 Å². The number of rotatable bonds is 6. The highest BCUT2D eigenvalue weighted by Crippen LogP contribution is 2.57. The van der Waals surface area contributed by atoms with Gasteiger partial charge in [-0.2, -0.15) is 0 Å². The van der Waals surface area contributed by atoms with E-state index < -0.39 is 40.4 Å². The average Bonchev–Trinajstić information content (AvgIpc) is 2.51. The molecule has 2 unspecified atom stereocenters. The van der Waals surface area contributed by atoms with Crippen molar-refractivity contribution in [1.29, 1.82) is 0 Å². The summed E-state index contributed by atoms with van der Waals surface area (Å²) in [6.07, 6.45) is 0. The third kappa shape index (κ3) is 25.8. The Balaban J connectivity index is -0.0000000321. The second-order valence-corrected chi connectivity index (χ2v) is 14.6. The van der Waals surface area contributed by atoms with Crippen molar-refractivity contribution in [1.82, 2.24) is 0 Å². The van der Waals surface area contributed by atoms with Gasteiger partial charge in [0.1, 0.15) is 26.2 Å². The summed E-state index contributed by atoms with van der Waals surface area (Å²) < 4.78 is 40.9. The first-order valence-corrected chi connectivity index (χ1v) is 14.1. The van der Waals surface area contributed by atoms with Crippen LogP contribution in [0.2, 0.25) is 0 Å². The van der Waals surface area contributed by atoms with E-state index in [0.29, 0.717) is 13.8 Å². The molecule has 32 N–H and O–H groups in total. The minimum Gasteiger partial charge on any atom is -0.806 e. The molecule has 28 heteroatoms. The number of hydrogen-bond donors (Lipinski definition) is 8. The lowest BCUT2D eigenvalue weighted by atomic mass is 10.7. The molecule has 0 radical (unpaired) electrons. The lowest BCUT2D eigenvalue weighted by Gasteiger charge is -2.45. The maximum Gasteiger partial charge on any atom is 0.198 e. The van der Waals surface area contributed by atoms with Gasteiger partial charge in [-0.3, -0.25) is 0 Å². The molecule has 0 amide bonds. The summed E-state index contributed by atoms with van der Waals surface area (Å²) in [6, 6.07) is 0. The molecule has 4 atom stereocenters. The second kappa shape index (κ2) is 25.4. The maximum atomic E-state index is 10.2. The van der Waals surface area contributed by atoms with E-state index in [2.05, 4.69) is 34.4 Å². The van der Waals surface area contributed by atoms with Gasteiger partial charge < -0.3 is 125 Å². The van der Waals surface area contributed by atoms with E-state index >= 15 is 0 Å². The zero-order valence-corrected chi connectivity index (χ0v) is 23.4. The van der Waals surface area contributed by atoms with E-state index in [1.54, 1.807) is 0 Å². The quantitative estimate of drug-likeness (QED) is 0.126. The first-order valence-electron chi connectivity index (χ1n) is 7.83. The summed E-state index contributed by atoms with van der Waals surface area (Å²) in [7, 11) is -21.3. The monoisotopic (exact) mass is 638 g/mol. The summed E-state index contributed by atoms with van der Waals surface area (Å²) in [4.78, 5) is 77.7. The molecular formula is C8H46N6O18P4. The molecule has 236 valence electrons. The zero-order chi connectivity index (χ0) is 25.8. The Morgan fingerprint density at radius 3 is 0.639 bits per heavy atom. The first-order chi connectivity index (χ1) is 12.8. The van der Waals surface area contributed by atoms with Crippen molar-refractivity contribution in [3.63, 3.8) is 0 Å². The van der Waals surface area contributed by atoms with E-state index in [9.17, 15) is 47.6 Å². The van der Waals surface area contributed by atoms with Crippen molar-refractivity contribution in [3.05, 3.63) is 0 Å². The Hall–Kier alpha value is 0.120. The molecule has 0 saturated heterocycles. The van der Waals surface area contributed by atoms with E-state index in [4.69, 9.17) is 9.79 Å². The Morgan fingerprint density at radius 2 is 0.639 bits per heavy atom. The Labute approximate surface area is 205 Å². The van der Waals surface area contributed by atoms with Crippen LogP contribution in [-0.2, 0) is 18.3 Å². The van der Waals surface area contributed by atoms with Crippen molar-refractivity contribution >= 4 is 30.4 Å². The number of hydrogen-bond acceptors (Lipinski definition) is 10. The van der Waals surface area contributed by atoms with E-state index in [1.807, 2.05) is 0 Å². The molecule has 0 aliphatic carbocycles. The van der Waals surface area contributed by atoms with Gasteiger partial charge >= 0.3 is 0 Å². The predicted molar refractivity (Wildman–Crippen MR) is 110 cm³/mol. The van der Waals surface area contributed by atoms with Gasteiger partial charge in [0.25, 0.3) is 0 Å². The molecule has 0 aliphatic heterocycles. The minimum atomic E-state index is -5.43. The highest BCUT2D eigenvalue weighted by atomic mass is 31.2. The molecule has 0 fully saturated rings. The molecule has 0 bridgehead atoms. The van der Waals surface area contributed by atoms with Crippen molar-refractivity contribution in [2.75, 3.05) is 26.2 Å². The van der Waals surface area contributed by atoms with Crippen LogP contribution < -0.4 is 63.8 Å². The average molecular weight is 638 g/mol. The maximum absolute atomic E-state index is 10.2. The van der Waals surface area contributed by atoms with Gasteiger partial charge in [0, 0.05) is 29.0 Å². The van der Waals surface area contributed by atoms with E-state index in [1.165, 1.54) is 0 Å². The van der Waals surface area contributed by atoms with Gasteiger partial charge in [-0.25, -0.2) is 0 Å². The predicted octanol–water partition coefficient (Wildman–Crippen LogP) is -17.3. The third-order valence-corrected chi connectivity index (χ3v) is 10.7. The minimum absolute atomic E-state index is 0. The largest absolute Gasteiger partial charge is 0.806 e. The molecule has 0 saturated carbocycles. The van der Waals surface area contributed by atoms with Crippen molar-refractivity contribution in [2.24, 2.45) is 0 Å². The van der Waals surface area contributed by atoms with Gasteiger partial charge in [-0.15, -0.1) is 0 Å². The van der Waals surface area contributed by atoms with Crippen LogP contribution in [0.4, 0.5) is 0 Å². The lowest BCUT2D eigenvalue weighted by Crippen LogP contribution is -2.73. The van der Waals surface area contributed by atoms with Crippen LogP contribution in [0.1, 0.15) is 13.8 Å². The first kappa shape index (κ1) is 65.3. The summed E-state index contributed by atoms with van der Waals surface area (Å²) >= 11 is 0.